The number of ether oxygens (including phenoxy) is 2. The molecule has 4 aliphatic carbocycles. The van der Waals surface area contributed by atoms with Crippen LogP contribution in [0, 0.1) is 49.9 Å². The highest BCUT2D eigenvalue weighted by Crippen LogP contribution is 2.59. The standard InChI is InChI=1S/C34H33O3S/c1-4-34(25-16-23-15-24(18-25)19-26(34)17-23)37-32(35)20-36-33-21(2)13-27(14-22(33)3)38-30-11-7-5-9-28(30)29-10-6-8-12-31(29)38/h1,5-14,23-26H,15-20H2,2-3H3/q+1. The number of carbonyl (C=O) groups is 1. The first kappa shape index (κ1) is 23.8. The topological polar surface area (TPSA) is 35.5 Å². The average molecular weight is 522 g/mol. The molecule has 1 heterocycles. The van der Waals surface area contributed by atoms with Gasteiger partial charge in [-0.1, -0.05) is 30.2 Å². The lowest BCUT2D eigenvalue weighted by molar-refractivity contribution is -0.191. The number of thiophene rings is 1. The lowest BCUT2D eigenvalue weighted by Crippen LogP contribution is -2.59. The first-order valence-corrected chi connectivity index (χ1v) is 15.1. The molecular weight excluding hydrogens is 488 g/mol. The van der Waals surface area contributed by atoms with Gasteiger partial charge in [-0.25, -0.2) is 4.79 Å². The molecule has 4 aliphatic rings. The van der Waals surface area contributed by atoms with E-state index in [4.69, 9.17) is 15.9 Å². The van der Waals surface area contributed by atoms with E-state index in [9.17, 15) is 4.79 Å². The summed E-state index contributed by atoms with van der Waals surface area (Å²) in [6, 6.07) is 21.8. The summed E-state index contributed by atoms with van der Waals surface area (Å²) in [5.74, 6) is 5.50. The quantitative estimate of drug-likeness (QED) is 0.151. The number of benzene rings is 3. The number of fused-ring (bicyclic) bond motifs is 3. The molecule has 4 fully saturated rings. The zero-order valence-electron chi connectivity index (χ0n) is 22.0. The van der Waals surface area contributed by atoms with Crippen LogP contribution in [0.2, 0.25) is 0 Å². The van der Waals surface area contributed by atoms with Gasteiger partial charge in [0.15, 0.2) is 26.5 Å². The molecule has 0 atom stereocenters. The van der Waals surface area contributed by atoms with Crippen molar-refractivity contribution >= 4 is 36.6 Å². The molecule has 4 saturated carbocycles. The van der Waals surface area contributed by atoms with E-state index in [1.807, 2.05) is 0 Å². The third-order valence-electron chi connectivity index (χ3n) is 9.37. The van der Waals surface area contributed by atoms with Crippen LogP contribution in [-0.4, -0.2) is 18.2 Å². The molecule has 0 aliphatic heterocycles. The Morgan fingerprint density at radius 3 is 1.95 bits per heavy atom. The molecule has 4 aromatic rings. The van der Waals surface area contributed by atoms with Crippen molar-refractivity contribution in [1.82, 2.24) is 0 Å². The van der Waals surface area contributed by atoms with Crippen LogP contribution in [-0.2, 0) is 9.53 Å². The maximum Gasteiger partial charge on any atom is 0.345 e. The summed E-state index contributed by atoms with van der Waals surface area (Å²) in [7, 11) is -0.166. The van der Waals surface area contributed by atoms with E-state index in [0.29, 0.717) is 11.8 Å². The Balaban J connectivity index is 1.14. The molecule has 0 saturated heterocycles. The second-order valence-corrected chi connectivity index (χ2v) is 13.7. The number of hydrogen-bond acceptors (Lipinski definition) is 3. The van der Waals surface area contributed by atoms with Gasteiger partial charge in [0.1, 0.15) is 5.75 Å². The van der Waals surface area contributed by atoms with E-state index < -0.39 is 5.60 Å². The van der Waals surface area contributed by atoms with Gasteiger partial charge in [0.25, 0.3) is 0 Å². The second-order valence-electron chi connectivity index (χ2n) is 11.7. The van der Waals surface area contributed by atoms with Crippen molar-refractivity contribution in [2.75, 3.05) is 6.61 Å². The lowest BCUT2D eigenvalue weighted by Gasteiger charge is -2.58. The van der Waals surface area contributed by atoms with Crippen LogP contribution in [0.1, 0.15) is 43.2 Å². The fraction of sp³-hybridized carbons (Fsp3) is 0.382. The number of carbonyl (C=O) groups excluding carboxylic acids is 1. The van der Waals surface area contributed by atoms with Gasteiger partial charge in [-0.15, -0.1) is 6.42 Å². The Kier molecular flexibility index (Phi) is 5.57. The molecule has 3 aromatic carbocycles. The van der Waals surface area contributed by atoms with Gasteiger partial charge in [0.05, 0.1) is 0 Å². The van der Waals surface area contributed by atoms with Crippen LogP contribution in [0.15, 0.2) is 60.7 Å². The minimum absolute atomic E-state index is 0.117. The third kappa shape index (κ3) is 3.59. The summed E-state index contributed by atoms with van der Waals surface area (Å²) in [5, 5.41) is 2.63. The van der Waals surface area contributed by atoms with E-state index in [0.717, 1.165) is 54.4 Å². The van der Waals surface area contributed by atoms with Gasteiger partial charge in [0, 0.05) is 45.2 Å². The molecule has 0 N–H and O–H groups in total. The fourth-order valence-electron chi connectivity index (χ4n) is 8.03. The Morgan fingerprint density at radius 2 is 1.42 bits per heavy atom. The van der Waals surface area contributed by atoms with E-state index in [-0.39, 0.29) is 23.0 Å². The van der Waals surface area contributed by atoms with Crippen molar-refractivity contribution in [3.05, 3.63) is 71.8 Å². The fourth-order valence-corrected chi connectivity index (χ4v) is 10.6. The molecule has 192 valence electrons. The monoisotopic (exact) mass is 521 g/mol. The van der Waals surface area contributed by atoms with Crippen molar-refractivity contribution < 1.29 is 14.3 Å². The predicted molar refractivity (Wildman–Crippen MR) is 155 cm³/mol. The molecule has 0 amide bonds. The largest absolute Gasteiger partial charge is 0.481 e. The number of terminal acetylenes is 1. The minimum Gasteiger partial charge on any atom is -0.481 e. The normalized spacial score (nSPS) is 27.5. The van der Waals surface area contributed by atoms with Crippen LogP contribution in [0.3, 0.4) is 0 Å². The highest BCUT2D eigenvalue weighted by molar-refractivity contribution is 7.50. The number of rotatable bonds is 5. The van der Waals surface area contributed by atoms with Gasteiger partial charge in [-0.05, 0) is 93.2 Å². The molecule has 0 spiro atoms. The molecule has 4 heteroatoms. The average Bonchev–Trinajstić information content (AvgIpc) is 3.24. The van der Waals surface area contributed by atoms with Crippen LogP contribution in [0.5, 0.6) is 5.75 Å². The van der Waals surface area contributed by atoms with Gasteiger partial charge >= 0.3 is 5.97 Å². The number of hydrogen-bond donors (Lipinski definition) is 0. The Bertz CT molecular complexity index is 1520. The molecule has 38 heavy (non-hydrogen) atoms. The lowest BCUT2D eigenvalue weighted by atomic mass is 9.50. The van der Waals surface area contributed by atoms with Gasteiger partial charge in [0.2, 0.25) is 0 Å². The molecule has 0 radical (unpaired) electrons. The van der Waals surface area contributed by atoms with Crippen LogP contribution in [0.25, 0.3) is 25.1 Å². The van der Waals surface area contributed by atoms with Crippen LogP contribution < -0.4 is 4.74 Å². The third-order valence-corrected chi connectivity index (χ3v) is 11.7. The smallest absolute Gasteiger partial charge is 0.345 e. The maximum absolute atomic E-state index is 13.1. The summed E-state index contributed by atoms with van der Waals surface area (Å²) >= 11 is 0. The zero-order chi connectivity index (χ0) is 26.0. The summed E-state index contributed by atoms with van der Waals surface area (Å²) in [6.07, 6.45) is 11.8. The van der Waals surface area contributed by atoms with Gasteiger partial charge < -0.3 is 9.47 Å². The van der Waals surface area contributed by atoms with Crippen molar-refractivity contribution in [3.63, 3.8) is 0 Å². The van der Waals surface area contributed by atoms with Crippen molar-refractivity contribution in [3.8, 4) is 23.0 Å². The Hall–Kier alpha value is -3.29. The van der Waals surface area contributed by atoms with Gasteiger partial charge in [-0.3, -0.25) is 0 Å². The minimum atomic E-state index is -0.744. The van der Waals surface area contributed by atoms with E-state index in [1.165, 1.54) is 31.5 Å². The highest BCUT2D eigenvalue weighted by atomic mass is 32.2. The SMILES string of the molecule is C#CC1(OC(=O)COc2c(C)cc(-[s+]3c4ccccc4c4ccccc43)cc2C)C2CC3CC(C2)CC1C3. The van der Waals surface area contributed by atoms with Crippen molar-refractivity contribution in [2.24, 2.45) is 23.7 Å². The second kappa shape index (κ2) is 8.89. The summed E-state index contributed by atoms with van der Waals surface area (Å²) in [4.78, 5) is 14.4. The molecule has 3 nitrogen and oxygen atoms in total. The molecule has 8 rings (SSSR count). The highest BCUT2D eigenvalue weighted by Gasteiger charge is 2.59. The maximum atomic E-state index is 13.1. The molecule has 1 aromatic heterocycles. The first-order chi connectivity index (χ1) is 18.5. The number of esters is 1. The predicted octanol–water partition coefficient (Wildman–Crippen LogP) is 8.10. The summed E-state index contributed by atoms with van der Waals surface area (Å²) < 4.78 is 15.0. The Labute approximate surface area is 227 Å². The van der Waals surface area contributed by atoms with E-state index >= 15 is 0 Å². The summed E-state index contributed by atoms with van der Waals surface area (Å²) in [6.45, 7) is 4.01. The zero-order valence-corrected chi connectivity index (χ0v) is 22.9. The molecule has 4 bridgehead atoms. The molecule has 0 unspecified atom stereocenters. The first-order valence-electron chi connectivity index (χ1n) is 13.8. The number of aryl methyl sites for hydroxylation is 2. The Morgan fingerprint density at radius 1 is 0.895 bits per heavy atom. The van der Waals surface area contributed by atoms with E-state index in [2.05, 4.69) is 80.4 Å². The molecular formula is C34H33O3S+. The van der Waals surface area contributed by atoms with Crippen LogP contribution >= 0.6 is 10.5 Å². The van der Waals surface area contributed by atoms with Crippen molar-refractivity contribution in [2.45, 2.75) is 51.6 Å². The van der Waals surface area contributed by atoms with Crippen molar-refractivity contribution in [1.29, 1.82) is 0 Å². The van der Waals surface area contributed by atoms with E-state index in [1.54, 1.807) is 0 Å². The van der Waals surface area contributed by atoms with Crippen LogP contribution in [0.4, 0.5) is 0 Å². The van der Waals surface area contributed by atoms with Gasteiger partial charge in [-0.2, -0.15) is 0 Å². The summed E-state index contributed by atoms with van der Waals surface area (Å²) in [5.41, 5.74) is 1.32.